The lowest BCUT2D eigenvalue weighted by molar-refractivity contribution is 0.0734. The number of ether oxygens (including phenoxy) is 2. The topological polar surface area (TPSA) is 104 Å². The summed E-state index contributed by atoms with van der Waals surface area (Å²) in [6.07, 6.45) is 1.37. The van der Waals surface area contributed by atoms with E-state index in [2.05, 4.69) is 15.5 Å². The minimum atomic E-state index is -0.559. The first kappa shape index (κ1) is 19.1. The van der Waals surface area contributed by atoms with Crippen molar-refractivity contribution < 1.29 is 23.6 Å². The lowest BCUT2D eigenvalue weighted by Gasteiger charge is -2.10. The molecule has 0 fully saturated rings. The van der Waals surface area contributed by atoms with Crippen molar-refractivity contribution in [3.8, 4) is 11.5 Å². The second kappa shape index (κ2) is 8.04. The predicted octanol–water partition coefficient (Wildman–Crippen LogP) is 4.01. The molecule has 2 aromatic heterocycles. The van der Waals surface area contributed by atoms with Gasteiger partial charge in [0, 0.05) is 11.9 Å². The van der Waals surface area contributed by atoms with E-state index in [1.54, 1.807) is 61.5 Å². The van der Waals surface area contributed by atoms with Crippen molar-refractivity contribution in [3.63, 3.8) is 0 Å². The van der Waals surface area contributed by atoms with E-state index >= 15 is 0 Å². The standard InChI is InChI=1S/C22H17N3O5/c1-13-18-11-14(12-23-21(18)30-25-13)22(27)29-16-9-7-15(8-10-16)24-20(26)17-5-3-4-6-19(17)28-2/h3-12H,1-2H3,(H,24,26). The summed E-state index contributed by atoms with van der Waals surface area (Å²) in [4.78, 5) is 28.9. The molecule has 2 heterocycles. The van der Waals surface area contributed by atoms with Gasteiger partial charge in [-0.2, -0.15) is 0 Å². The van der Waals surface area contributed by atoms with Crippen LogP contribution < -0.4 is 14.8 Å². The first-order chi connectivity index (χ1) is 14.5. The van der Waals surface area contributed by atoms with E-state index in [0.717, 1.165) is 0 Å². The van der Waals surface area contributed by atoms with Crippen molar-refractivity contribution in [2.24, 2.45) is 0 Å². The van der Waals surface area contributed by atoms with Gasteiger partial charge in [-0.3, -0.25) is 4.79 Å². The molecule has 0 radical (unpaired) electrons. The molecule has 0 aliphatic heterocycles. The number of anilines is 1. The van der Waals surface area contributed by atoms with Crippen molar-refractivity contribution in [1.82, 2.24) is 10.1 Å². The van der Waals surface area contributed by atoms with Gasteiger partial charge in [-0.1, -0.05) is 17.3 Å². The van der Waals surface area contributed by atoms with Gasteiger partial charge in [0.1, 0.15) is 11.5 Å². The normalized spacial score (nSPS) is 10.6. The molecular formula is C22H17N3O5. The summed E-state index contributed by atoms with van der Waals surface area (Å²) in [6, 6.07) is 15.0. The zero-order valence-electron chi connectivity index (χ0n) is 16.2. The Morgan fingerprint density at radius 1 is 1.07 bits per heavy atom. The Hall–Kier alpha value is -4.20. The minimum absolute atomic E-state index is 0.280. The number of aromatic nitrogens is 2. The van der Waals surface area contributed by atoms with Gasteiger partial charge in [0.05, 0.1) is 29.3 Å². The highest BCUT2D eigenvalue weighted by Crippen LogP contribution is 2.22. The Kier molecular flexibility index (Phi) is 5.13. The molecule has 0 spiro atoms. The number of benzene rings is 2. The molecule has 0 bridgehead atoms. The smallest absolute Gasteiger partial charge is 0.345 e. The molecule has 4 aromatic rings. The average molecular weight is 403 g/mol. The van der Waals surface area contributed by atoms with E-state index in [-0.39, 0.29) is 11.5 Å². The highest BCUT2D eigenvalue weighted by Gasteiger charge is 2.14. The molecule has 0 aliphatic rings. The van der Waals surface area contributed by atoms with Gasteiger partial charge in [0.2, 0.25) is 0 Å². The summed E-state index contributed by atoms with van der Waals surface area (Å²) < 4.78 is 15.6. The lowest BCUT2D eigenvalue weighted by atomic mass is 10.2. The fourth-order valence-electron chi connectivity index (χ4n) is 2.86. The average Bonchev–Trinajstić information content (AvgIpc) is 3.15. The summed E-state index contributed by atoms with van der Waals surface area (Å²) in [5.74, 6) is -0.0527. The van der Waals surface area contributed by atoms with Gasteiger partial charge in [0.25, 0.3) is 11.6 Å². The summed E-state index contributed by atoms with van der Waals surface area (Å²) in [5, 5.41) is 7.25. The predicted molar refractivity (Wildman–Crippen MR) is 109 cm³/mol. The summed E-state index contributed by atoms with van der Waals surface area (Å²) in [7, 11) is 1.51. The molecular weight excluding hydrogens is 386 g/mol. The number of esters is 1. The fourth-order valence-corrected chi connectivity index (χ4v) is 2.86. The van der Waals surface area contributed by atoms with E-state index in [1.165, 1.54) is 13.3 Å². The highest BCUT2D eigenvalue weighted by molar-refractivity contribution is 6.06. The highest BCUT2D eigenvalue weighted by atomic mass is 16.5. The van der Waals surface area contributed by atoms with Crippen LogP contribution in [0.2, 0.25) is 0 Å². The molecule has 30 heavy (non-hydrogen) atoms. The van der Waals surface area contributed by atoms with Crippen LogP contribution in [-0.2, 0) is 0 Å². The van der Waals surface area contributed by atoms with Crippen LogP contribution in [0.15, 0.2) is 65.3 Å². The second-order valence-electron chi connectivity index (χ2n) is 6.41. The largest absolute Gasteiger partial charge is 0.496 e. The number of amides is 1. The Morgan fingerprint density at radius 3 is 2.60 bits per heavy atom. The van der Waals surface area contributed by atoms with Crippen molar-refractivity contribution >= 4 is 28.7 Å². The van der Waals surface area contributed by atoms with Crippen LogP contribution in [-0.4, -0.2) is 29.1 Å². The zero-order valence-corrected chi connectivity index (χ0v) is 16.2. The SMILES string of the molecule is COc1ccccc1C(=O)Nc1ccc(OC(=O)c2cnc3onc(C)c3c2)cc1. The zero-order chi connectivity index (χ0) is 21.1. The van der Waals surface area contributed by atoms with Crippen LogP contribution >= 0.6 is 0 Å². The molecule has 8 heteroatoms. The number of para-hydroxylation sites is 1. The number of hydrogen-bond acceptors (Lipinski definition) is 7. The second-order valence-corrected chi connectivity index (χ2v) is 6.41. The van der Waals surface area contributed by atoms with Crippen LogP contribution in [0.1, 0.15) is 26.4 Å². The van der Waals surface area contributed by atoms with Gasteiger partial charge < -0.3 is 19.3 Å². The first-order valence-corrected chi connectivity index (χ1v) is 9.04. The number of rotatable bonds is 5. The number of carbonyl (C=O) groups is 2. The van der Waals surface area contributed by atoms with Crippen molar-refractivity contribution in [3.05, 3.63) is 77.6 Å². The maximum atomic E-state index is 12.5. The molecule has 8 nitrogen and oxygen atoms in total. The van der Waals surface area contributed by atoms with E-state index < -0.39 is 5.97 Å². The van der Waals surface area contributed by atoms with Gasteiger partial charge in [0.15, 0.2) is 0 Å². The Bertz CT molecular complexity index is 1230. The molecule has 0 aliphatic carbocycles. The number of aryl methyl sites for hydroxylation is 1. The number of pyridine rings is 1. The van der Waals surface area contributed by atoms with E-state index in [4.69, 9.17) is 14.0 Å². The number of fused-ring (bicyclic) bond motifs is 1. The van der Waals surface area contributed by atoms with E-state index in [9.17, 15) is 9.59 Å². The Balaban J connectivity index is 1.44. The number of nitrogens with zero attached hydrogens (tertiary/aromatic N) is 2. The maximum absolute atomic E-state index is 12.5. The minimum Gasteiger partial charge on any atom is -0.496 e. The van der Waals surface area contributed by atoms with Crippen LogP contribution in [0.25, 0.3) is 11.1 Å². The number of hydrogen-bond donors (Lipinski definition) is 1. The van der Waals surface area contributed by atoms with Crippen LogP contribution in [0.5, 0.6) is 11.5 Å². The van der Waals surface area contributed by atoms with Crippen LogP contribution in [0.3, 0.4) is 0 Å². The molecule has 0 unspecified atom stereocenters. The fraction of sp³-hybridized carbons (Fsp3) is 0.0909. The van der Waals surface area contributed by atoms with Gasteiger partial charge in [-0.25, -0.2) is 9.78 Å². The van der Waals surface area contributed by atoms with Crippen LogP contribution in [0.4, 0.5) is 5.69 Å². The molecule has 1 N–H and O–H groups in total. The van der Waals surface area contributed by atoms with Crippen molar-refractivity contribution in [1.29, 1.82) is 0 Å². The molecule has 0 atom stereocenters. The summed E-state index contributed by atoms with van der Waals surface area (Å²) in [6.45, 7) is 1.76. The van der Waals surface area contributed by atoms with Crippen molar-refractivity contribution in [2.45, 2.75) is 6.92 Å². The van der Waals surface area contributed by atoms with Crippen LogP contribution in [0, 0.1) is 6.92 Å². The molecule has 1 amide bonds. The maximum Gasteiger partial charge on any atom is 0.345 e. The number of nitrogens with one attached hydrogen (secondary N) is 1. The third kappa shape index (κ3) is 3.83. The number of methoxy groups -OCH3 is 1. The van der Waals surface area contributed by atoms with E-state index in [0.29, 0.717) is 39.5 Å². The Morgan fingerprint density at radius 2 is 1.83 bits per heavy atom. The third-order valence-electron chi connectivity index (χ3n) is 4.42. The quantitative estimate of drug-likeness (QED) is 0.397. The monoisotopic (exact) mass is 403 g/mol. The van der Waals surface area contributed by atoms with Gasteiger partial charge in [-0.05, 0) is 49.4 Å². The first-order valence-electron chi connectivity index (χ1n) is 9.04. The van der Waals surface area contributed by atoms with Gasteiger partial charge >= 0.3 is 5.97 Å². The summed E-state index contributed by atoms with van der Waals surface area (Å²) >= 11 is 0. The number of carbonyl (C=O) groups excluding carboxylic acids is 2. The molecule has 4 rings (SSSR count). The lowest BCUT2D eigenvalue weighted by Crippen LogP contribution is -2.13. The third-order valence-corrected chi connectivity index (χ3v) is 4.42. The molecule has 0 saturated carbocycles. The molecule has 0 saturated heterocycles. The van der Waals surface area contributed by atoms with Gasteiger partial charge in [-0.15, -0.1) is 0 Å². The molecule has 2 aromatic carbocycles. The molecule has 150 valence electrons. The Labute approximate surface area is 171 Å². The summed E-state index contributed by atoms with van der Waals surface area (Å²) in [5.41, 5.74) is 2.25. The van der Waals surface area contributed by atoms with Crippen molar-refractivity contribution in [2.75, 3.05) is 12.4 Å². The van der Waals surface area contributed by atoms with E-state index in [1.807, 2.05) is 0 Å².